The van der Waals surface area contributed by atoms with Gasteiger partial charge in [0, 0.05) is 60.4 Å². The van der Waals surface area contributed by atoms with E-state index in [2.05, 4.69) is 44.7 Å². The maximum absolute atomic E-state index is 13.7. The molecule has 4 aromatic rings. The SMILES string of the molecule is CCCCN(CC(=O)NC1=CCC(/C=C/c2ccc(NC(=O)[C@@H]3CCCN3C(=O)c3sc(-c4cccnc4)nc3C)cc2)C=C1)C(=O)C1SC(c2cccnc2)=NC1C. The molecule has 1 fully saturated rings. The molecule has 3 unspecified atom stereocenters. The van der Waals surface area contributed by atoms with E-state index in [-0.39, 0.29) is 42.1 Å². The number of allylic oxidation sites excluding steroid dienone is 4. The summed E-state index contributed by atoms with van der Waals surface area (Å²) in [5, 5.41) is 7.14. The molecule has 1 aliphatic carbocycles. The number of aliphatic imine (C=N–C) groups is 1. The topological polar surface area (TPSA) is 150 Å². The van der Waals surface area contributed by atoms with Gasteiger partial charge in [-0.2, -0.15) is 0 Å². The van der Waals surface area contributed by atoms with E-state index < -0.39 is 11.3 Å². The first-order valence-corrected chi connectivity index (χ1v) is 21.8. The molecule has 2 aliphatic heterocycles. The highest BCUT2D eigenvalue weighted by molar-refractivity contribution is 8.15. The molecule has 3 aliphatic rings. The molecule has 12 nitrogen and oxygen atoms in total. The predicted octanol–water partition coefficient (Wildman–Crippen LogP) is 7.32. The second kappa shape index (κ2) is 19.3. The van der Waals surface area contributed by atoms with E-state index in [0.717, 1.165) is 46.0 Å². The Kier molecular flexibility index (Phi) is 13.6. The van der Waals surface area contributed by atoms with Crippen molar-refractivity contribution in [3.8, 4) is 10.6 Å². The Labute approximate surface area is 353 Å². The Morgan fingerprint density at radius 3 is 2.46 bits per heavy atom. The minimum Gasteiger partial charge on any atom is -0.332 e. The first kappa shape index (κ1) is 41.4. The van der Waals surface area contributed by atoms with Crippen molar-refractivity contribution in [3.63, 3.8) is 0 Å². The van der Waals surface area contributed by atoms with Gasteiger partial charge in [-0.25, -0.2) is 4.98 Å². The minimum absolute atomic E-state index is 0.0202. The van der Waals surface area contributed by atoms with E-state index in [9.17, 15) is 19.2 Å². The molecule has 4 atom stereocenters. The molecule has 5 heterocycles. The molecule has 14 heteroatoms. The number of aromatic nitrogens is 3. The van der Waals surface area contributed by atoms with Gasteiger partial charge in [-0.3, -0.25) is 34.1 Å². The molecule has 7 rings (SSSR count). The molecule has 2 N–H and O–H groups in total. The number of unbranched alkanes of at least 4 members (excludes halogenated alkanes) is 1. The number of likely N-dealkylation sites (tertiary alicyclic amines) is 1. The lowest BCUT2D eigenvalue weighted by Crippen LogP contribution is -2.46. The molecule has 1 aromatic carbocycles. The number of benzene rings is 1. The third kappa shape index (κ3) is 10.3. The molecule has 0 saturated carbocycles. The van der Waals surface area contributed by atoms with Crippen LogP contribution in [0.4, 0.5) is 5.69 Å². The van der Waals surface area contributed by atoms with Crippen LogP contribution in [-0.2, 0) is 14.4 Å². The first-order chi connectivity index (χ1) is 28.7. The molecule has 4 amide bonds. The van der Waals surface area contributed by atoms with Crippen molar-refractivity contribution < 1.29 is 19.2 Å². The minimum atomic E-state index is -0.560. The number of pyridine rings is 2. The normalized spacial score (nSPS) is 20.0. The predicted molar refractivity (Wildman–Crippen MR) is 235 cm³/mol. The molecule has 0 bridgehead atoms. The first-order valence-electron chi connectivity index (χ1n) is 20.1. The summed E-state index contributed by atoms with van der Waals surface area (Å²) in [5.41, 5.74) is 4.75. The van der Waals surface area contributed by atoms with Crippen molar-refractivity contribution in [2.24, 2.45) is 10.9 Å². The van der Waals surface area contributed by atoms with Gasteiger partial charge in [-0.1, -0.05) is 61.5 Å². The van der Waals surface area contributed by atoms with E-state index in [1.54, 1.807) is 34.6 Å². The Hall–Kier alpha value is -5.73. The van der Waals surface area contributed by atoms with E-state index in [1.165, 1.54) is 23.1 Å². The van der Waals surface area contributed by atoms with Crippen LogP contribution >= 0.6 is 23.1 Å². The van der Waals surface area contributed by atoms with Crippen LogP contribution in [0, 0.1) is 12.8 Å². The summed E-state index contributed by atoms with van der Waals surface area (Å²) in [6, 6.07) is 14.4. The Bertz CT molecular complexity index is 2270. The van der Waals surface area contributed by atoms with Crippen LogP contribution in [0.3, 0.4) is 0 Å². The summed E-state index contributed by atoms with van der Waals surface area (Å²) >= 11 is 2.77. The van der Waals surface area contributed by atoms with Crippen molar-refractivity contribution in [3.05, 3.63) is 125 Å². The van der Waals surface area contributed by atoms with Gasteiger partial charge in [0.2, 0.25) is 17.7 Å². The summed E-state index contributed by atoms with van der Waals surface area (Å²) < 4.78 is 0. The zero-order valence-electron chi connectivity index (χ0n) is 33.4. The van der Waals surface area contributed by atoms with Crippen LogP contribution in [0.5, 0.6) is 0 Å². The number of nitrogens with one attached hydrogen (secondary N) is 2. The number of thioether (sulfide) groups is 1. The van der Waals surface area contributed by atoms with Gasteiger partial charge in [0.1, 0.15) is 26.2 Å². The van der Waals surface area contributed by atoms with Crippen molar-refractivity contribution in [1.29, 1.82) is 0 Å². The Balaban J connectivity index is 0.877. The van der Waals surface area contributed by atoms with Crippen LogP contribution in [0.15, 0.2) is 108 Å². The molecular formula is C45H48N8O4S2. The van der Waals surface area contributed by atoms with Crippen LogP contribution in [0.1, 0.15) is 72.4 Å². The highest BCUT2D eigenvalue weighted by Gasteiger charge is 2.38. The lowest BCUT2D eigenvalue weighted by atomic mass is 9.98. The molecule has 59 heavy (non-hydrogen) atoms. The molecular weight excluding hydrogens is 781 g/mol. The highest BCUT2D eigenvalue weighted by Crippen LogP contribution is 2.33. The molecule has 3 aromatic heterocycles. The summed E-state index contributed by atoms with van der Waals surface area (Å²) in [7, 11) is 0. The number of nitrogens with zero attached hydrogens (tertiary/aromatic N) is 6. The number of hydrogen-bond donors (Lipinski definition) is 2. The number of aryl methyl sites for hydroxylation is 1. The third-order valence-electron chi connectivity index (χ3n) is 10.4. The van der Waals surface area contributed by atoms with E-state index in [1.807, 2.05) is 80.6 Å². The zero-order valence-corrected chi connectivity index (χ0v) is 35.0. The van der Waals surface area contributed by atoms with Crippen LogP contribution in [-0.4, -0.2) is 90.4 Å². The van der Waals surface area contributed by atoms with Crippen LogP contribution < -0.4 is 10.6 Å². The molecule has 0 spiro atoms. The summed E-state index contributed by atoms with van der Waals surface area (Å²) in [6.07, 6.45) is 20.8. The lowest BCUT2D eigenvalue weighted by Gasteiger charge is -2.26. The molecule has 0 radical (unpaired) electrons. The zero-order chi connectivity index (χ0) is 41.3. The number of anilines is 1. The standard InChI is InChI=1S/C45H48N8O4S2/c1-4-5-24-52(44(56)39-29(2)48-42(58-39)33-9-6-22-46-26-33)28-38(54)50-35-18-14-31(15-19-35)12-13-32-16-20-36(21-17-32)51-41(55)37-11-8-25-53(37)45(57)40-30(3)49-43(59-40)34-10-7-23-47-27-34/h6-7,9-10,12-14,16-23,26-27,29,31,37,39H,4-5,8,11,15,24-25,28H2,1-3H3,(H,50,54)(H,51,55)/b13-12+/t29?,31?,37-,39?/m0/s1. The number of rotatable bonds is 14. The van der Waals surface area contributed by atoms with Crippen molar-refractivity contribution in [1.82, 2.24) is 30.1 Å². The number of hydrogen-bond acceptors (Lipinski definition) is 10. The average molecular weight is 829 g/mol. The number of thiazole rings is 1. The number of carbonyl (C=O) groups excluding carboxylic acids is 4. The quantitative estimate of drug-likeness (QED) is 0.134. The summed E-state index contributed by atoms with van der Waals surface area (Å²) in [6.45, 7) is 6.84. The molecule has 1 saturated heterocycles. The van der Waals surface area contributed by atoms with E-state index in [4.69, 9.17) is 4.99 Å². The smallest absolute Gasteiger partial charge is 0.266 e. The monoisotopic (exact) mass is 828 g/mol. The van der Waals surface area contributed by atoms with Crippen molar-refractivity contribution in [2.45, 2.75) is 70.2 Å². The van der Waals surface area contributed by atoms with E-state index >= 15 is 0 Å². The van der Waals surface area contributed by atoms with Gasteiger partial charge >= 0.3 is 0 Å². The maximum atomic E-state index is 13.7. The van der Waals surface area contributed by atoms with Gasteiger partial charge in [0.15, 0.2) is 0 Å². The fraction of sp³-hybridized carbons (Fsp3) is 0.333. The van der Waals surface area contributed by atoms with Gasteiger partial charge < -0.3 is 20.4 Å². The maximum Gasteiger partial charge on any atom is 0.266 e. The lowest BCUT2D eigenvalue weighted by molar-refractivity contribution is -0.135. The van der Waals surface area contributed by atoms with Gasteiger partial charge in [-0.15, -0.1) is 11.3 Å². The third-order valence-corrected chi connectivity index (χ3v) is 13.0. The second-order valence-electron chi connectivity index (χ2n) is 14.8. The van der Waals surface area contributed by atoms with Crippen molar-refractivity contribution >= 4 is 63.5 Å². The van der Waals surface area contributed by atoms with Gasteiger partial charge in [0.25, 0.3) is 5.91 Å². The second-order valence-corrected chi connectivity index (χ2v) is 17.0. The van der Waals surface area contributed by atoms with Crippen LogP contribution in [0.2, 0.25) is 0 Å². The van der Waals surface area contributed by atoms with Crippen molar-refractivity contribution in [2.75, 3.05) is 25.0 Å². The average Bonchev–Trinajstić information content (AvgIpc) is 4.01. The Morgan fingerprint density at radius 1 is 1.00 bits per heavy atom. The number of carbonyl (C=O) groups is 4. The van der Waals surface area contributed by atoms with Gasteiger partial charge in [-0.05, 0) is 93.5 Å². The fourth-order valence-corrected chi connectivity index (χ4v) is 9.44. The van der Waals surface area contributed by atoms with E-state index in [0.29, 0.717) is 47.9 Å². The largest absolute Gasteiger partial charge is 0.332 e. The summed E-state index contributed by atoms with van der Waals surface area (Å²) in [5.74, 6) is -0.540. The summed E-state index contributed by atoms with van der Waals surface area (Å²) in [4.78, 5) is 75.5. The molecule has 304 valence electrons. The highest BCUT2D eigenvalue weighted by atomic mass is 32.2. The van der Waals surface area contributed by atoms with Crippen LogP contribution in [0.25, 0.3) is 16.6 Å². The number of amides is 4. The Morgan fingerprint density at radius 2 is 1.76 bits per heavy atom. The van der Waals surface area contributed by atoms with Gasteiger partial charge in [0.05, 0.1) is 18.3 Å². The fourth-order valence-electron chi connectivity index (χ4n) is 7.19.